The zero-order valence-corrected chi connectivity index (χ0v) is 20.6. The van der Waals surface area contributed by atoms with Gasteiger partial charge in [0.25, 0.3) is 5.92 Å². The van der Waals surface area contributed by atoms with E-state index in [9.17, 15) is 8.78 Å². The molecule has 0 amide bonds. The van der Waals surface area contributed by atoms with E-state index in [2.05, 4.69) is 30.1 Å². The molecule has 190 valence electrons. The smallest absolute Gasteiger partial charge is 0.261 e. The second-order valence-electron chi connectivity index (χ2n) is 9.33. The van der Waals surface area contributed by atoms with Gasteiger partial charge in [-0.3, -0.25) is 20.0 Å². The molecule has 0 aromatic carbocycles. The second kappa shape index (κ2) is 8.71. The van der Waals surface area contributed by atoms with E-state index in [4.69, 9.17) is 4.98 Å². The third kappa shape index (κ3) is 3.92. The minimum atomic E-state index is -2.68. The first kappa shape index (κ1) is 23.0. The zero-order chi connectivity index (χ0) is 25.9. The fraction of sp³-hybridized carbons (Fsp3) is 0.192. The first-order chi connectivity index (χ1) is 18.4. The van der Waals surface area contributed by atoms with Crippen molar-refractivity contribution in [3.8, 4) is 33.9 Å². The highest BCUT2D eigenvalue weighted by atomic mass is 32.1. The van der Waals surface area contributed by atoms with Crippen LogP contribution in [0.1, 0.15) is 12.0 Å². The van der Waals surface area contributed by atoms with Crippen molar-refractivity contribution in [2.45, 2.75) is 18.9 Å². The Morgan fingerprint density at radius 2 is 2.00 bits per heavy atom. The van der Waals surface area contributed by atoms with Crippen molar-refractivity contribution in [3.63, 3.8) is 0 Å². The van der Waals surface area contributed by atoms with Gasteiger partial charge in [0.05, 0.1) is 23.1 Å². The highest BCUT2D eigenvalue weighted by Gasteiger charge is 2.38. The van der Waals surface area contributed by atoms with Crippen LogP contribution < -0.4 is 0 Å². The van der Waals surface area contributed by atoms with E-state index in [-0.39, 0.29) is 29.6 Å². The number of aromatic amines is 2. The fourth-order valence-corrected chi connectivity index (χ4v) is 5.55. The molecule has 1 saturated heterocycles. The lowest BCUT2D eigenvalue weighted by Crippen LogP contribution is -2.24. The van der Waals surface area contributed by atoms with Crippen LogP contribution >= 0.6 is 11.3 Å². The molecule has 6 aromatic heterocycles. The fourth-order valence-electron chi connectivity index (χ4n) is 4.91. The van der Waals surface area contributed by atoms with E-state index in [1.54, 1.807) is 34.7 Å². The number of pyridine rings is 3. The summed E-state index contributed by atoms with van der Waals surface area (Å²) < 4.78 is 43.3. The van der Waals surface area contributed by atoms with E-state index in [0.29, 0.717) is 35.7 Å². The number of nitrogens with one attached hydrogen (secondary N) is 2. The molecule has 8 nitrogen and oxygen atoms in total. The monoisotopic (exact) mass is 532 g/mol. The van der Waals surface area contributed by atoms with Crippen molar-refractivity contribution in [1.29, 1.82) is 0 Å². The van der Waals surface area contributed by atoms with Gasteiger partial charge in [0.15, 0.2) is 11.5 Å². The Morgan fingerprint density at radius 3 is 2.82 bits per heavy atom. The Hall–Kier alpha value is -4.16. The van der Waals surface area contributed by atoms with Gasteiger partial charge >= 0.3 is 0 Å². The molecular formula is C26H19F3N8S. The van der Waals surface area contributed by atoms with Gasteiger partial charge in [-0.25, -0.2) is 23.1 Å². The van der Waals surface area contributed by atoms with Crippen LogP contribution in [-0.4, -0.2) is 59.0 Å². The van der Waals surface area contributed by atoms with Crippen molar-refractivity contribution in [2.24, 2.45) is 0 Å². The molecular weight excluding hydrogens is 513 g/mol. The Labute approximate surface area is 217 Å². The molecule has 1 fully saturated rings. The number of aromatic nitrogens is 7. The number of halogens is 3. The number of H-pyrrole nitrogens is 2. The second-order valence-corrected chi connectivity index (χ2v) is 10.1. The van der Waals surface area contributed by atoms with Gasteiger partial charge in [0.1, 0.15) is 17.0 Å². The Kier molecular flexibility index (Phi) is 5.27. The topological polar surface area (TPSA) is 99.3 Å². The number of rotatable bonds is 5. The first-order valence-corrected chi connectivity index (χ1v) is 12.8. The third-order valence-electron chi connectivity index (χ3n) is 6.71. The van der Waals surface area contributed by atoms with Crippen molar-refractivity contribution < 1.29 is 13.2 Å². The number of hydrogen-bond acceptors (Lipinski definition) is 7. The van der Waals surface area contributed by atoms with E-state index >= 15 is 4.39 Å². The van der Waals surface area contributed by atoms with Crippen LogP contribution in [0.25, 0.3) is 56.0 Å². The van der Waals surface area contributed by atoms with Gasteiger partial charge in [-0.2, -0.15) is 16.4 Å². The van der Waals surface area contributed by atoms with Gasteiger partial charge < -0.3 is 4.98 Å². The van der Waals surface area contributed by atoms with Crippen molar-refractivity contribution in [3.05, 3.63) is 65.1 Å². The van der Waals surface area contributed by atoms with Crippen LogP contribution in [0, 0.1) is 5.82 Å². The molecule has 0 unspecified atom stereocenters. The highest BCUT2D eigenvalue weighted by molar-refractivity contribution is 7.08. The zero-order valence-electron chi connectivity index (χ0n) is 19.8. The summed E-state index contributed by atoms with van der Waals surface area (Å²) in [5.41, 5.74) is 5.11. The van der Waals surface area contributed by atoms with Gasteiger partial charge in [-0.05, 0) is 29.1 Å². The van der Waals surface area contributed by atoms with Gasteiger partial charge in [-0.1, -0.05) is 0 Å². The van der Waals surface area contributed by atoms with Gasteiger partial charge in [0, 0.05) is 66.4 Å². The standard InChI is InChI=1S/C26H19F3N8S/c27-20-17(16-7-14(8-30-9-16)11-37-5-3-26(28,29)13-37)10-32-24-19(20)23(35-36-24)25-33-18-1-4-31-21(22(18)34-25)15-2-6-38-12-15/h1-2,4,6-10,12H,3,5,11,13H2,(H,33,34)(H,32,35,36). The molecule has 2 N–H and O–H groups in total. The third-order valence-corrected chi connectivity index (χ3v) is 7.39. The van der Waals surface area contributed by atoms with Crippen LogP contribution in [0.3, 0.4) is 0 Å². The van der Waals surface area contributed by atoms with Crippen LogP contribution in [-0.2, 0) is 6.54 Å². The molecule has 0 bridgehead atoms. The lowest BCUT2D eigenvalue weighted by Gasteiger charge is -2.15. The van der Waals surface area contributed by atoms with Gasteiger partial charge in [0.2, 0.25) is 0 Å². The lowest BCUT2D eigenvalue weighted by atomic mass is 10.0. The molecule has 12 heteroatoms. The Balaban J connectivity index is 1.28. The molecule has 0 atom stereocenters. The largest absolute Gasteiger partial charge is 0.336 e. The molecule has 0 spiro atoms. The molecule has 0 radical (unpaired) electrons. The molecule has 6 aromatic rings. The van der Waals surface area contributed by atoms with Crippen molar-refractivity contribution in [2.75, 3.05) is 13.1 Å². The number of likely N-dealkylation sites (tertiary alicyclic amines) is 1. The number of fused-ring (bicyclic) bond motifs is 2. The predicted molar refractivity (Wildman–Crippen MR) is 138 cm³/mol. The average molecular weight is 533 g/mol. The van der Waals surface area contributed by atoms with E-state index in [1.807, 2.05) is 22.9 Å². The number of thiophene rings is 1. The first-order valence-electron chi connectivity index (χ1n) is 11.9. The highest BCUT2D eigenvalue weighted by Crippen LogP contribution is 2.35. The number of imidazole rings is 1. The van der Waals surface area contributed by atoms with Crippen molar-refractivity contribution >= 4 is 33.4 Å². The maximum atomic E-state index is 16.0. The maximum Gasteiger partial charge on any atom is 0.261 e. The molecule has 38 heavy (non-hydrogen) atoms. The van der Waals surface area contributed by atoms with E-state index < -0.39 is 11.7 Å². The summed E-state index contributed by atoms with van der Waals surface area (Å²) in [6, 6.07) is 5.54. The molecule has 7 rings (SSSR count). The maximum absolute atomic E-state index is 16.0. The van der Waals surface area contributed by atoms with E-state index in [0.717, 1.165) is 22.3 Å². The van der Waals surface area contributed by atoms with Crippen LogP contribution in [0.2, 0.25) is 0 Å². The lowest BCUT2D eigenvalue weighted by molar-refractivity contribution is 0.0115. The summed E-state index contributed by atoms with van der Waals surface area (Å²) in [5.74, 6) is -2.82. The molecule has 1 aliphatic heterocycles. The van der Waals surface area contributed by atoms with Crippen LogP contribution in [0.4, 0.5) is 13.2 Å². The quantitative estimate of drug-likeness (QED) is 0.297. The van der Waals surface area contributed by atoms with Crippen molar-refractivity contribution in [1.82, 2.24) is 40.0 Å². The molecule has 1 aliphatic rings. The van der Waals surface area contributed by atoms with Crippen LogP contribution in [0.15, 0.2) is 53.7 Å². The summed E-state index contributed by atoms with van der Waals surface area (Å²) in [5, 5.41) is 11.3. The van der Waals surface area contributed by atoms with E-state index in [1.165, 1.54) is 12.4 Å². The molecule has 7 heterocycles. The summed E-state index contributed by atoms with van der Waals surface area (Å²) >= 11 is 1.57. The summed E-state index contributed by atoms with van der Waals surface area (Å²) in [4.78, 5) is 22.7. The summed E-state index contributed by atoms with van der Waals surface area (Å²) in [7, 11) is 0. The number of nitrogens with zero attached hydrogens (tertiary/aromatic N) is 6. The summed E-state index contributed by atoms with van der Waals surface area (Å²) in [6.07, 6.45) is 6.10. The Bertz CT molecular complexity index is 1790. The average Bonchev–Trinajstić information content (AvgIpc) is 3.70. The predicted octanol–water partition coefficient (Wildman–Crippen LogP) is 5.67. The minimum absolute atomic E-state index is 0.161. The van der Waals surface area contributed by atoms with Gasteiger partial charge in [-0.15, -0.1) is 0 Å². The molecule has 0 aliphatic carbocycles. The number of hydrogen-bond donors (Lipinski definition) is 2. The Morgan fingerprint density at radius 1 is 1.08 bits per heavy atom. The summed E-state index contributed by atoms with van der Waals surface area (Å²) in [6.45, 7) is 0.321. The SMILES string of the molecule is Fc1c(-c2cncc(CN3CCC(F)(F)C3)c2)cnc2[nH]nc(-c3nc4c(-c5ccsc5)nccc4[nH]3)c12. The normalized spacial score (nSPS) is 15.7. The molecule has 0 saturated carbocycles. The van der Waals surface area contributed by atoms with Crippen LogP contribution in [0.5, 0.6) is 0 Å². The number of alkyl halides is 2. The minimum Gasteiger partial charge on any atom is -0.336 e.